The van der Waals surface area contributed by atoms with Crippen LogP contribution in [0.3, 0.4) is 0 Å². The van der Waals surface area contributed by atoms with Gasteiger partial charge in [-0.2, -0.15) is 0 Å². The monoisotopic (exact) mass is 577 g/mol. The summed E-state index contributed by atoms with van der Waals surface area (Å²) < 4.78 is 6.63. The maximum Gasteiger partial charge on any atom is 0.142 e. The van der Waals surface area contributed by atoms with Crippen LogP contribution in [0.5, 0.6) is 5.75 Å². The van der Waals surface area contributed by atoms with Crippen LogP contribution in [0.25, 0.3) is 0 Å². The lowest BCUT2D eigenvalue weighted by atomic mass is 9.52. The van der Waals surface area contributed by atoms with Crippen molar-refractivity contribution in [3.63, 3.8) is 0 Å². The maximum atomic E-state index is 6.63. The van der Waals surface area contributed by atoms with E-state index in [1.54, 1.807) is 0 Å². The highest BCUT2D eigenvalue weighted by atomic mass is 16.5. The van der Waals surface area contributed by atoms with E-state index in [0.29, 0.717) is 16.7 Å². The number of rotatable bonds is 8. The van der Waals surface area contributed by atoms with Gasteiger partial charge in [-0.05, 0) is 129 Å². The number of anilines is 2. The molecule has 4 nitrogen and oxygen atoms in total. The van der Waals surface area contributed by atoms with Crippen LogP contribution in [0.4, 0.5) is 11.4 Å². The van der Waals surface area contributed by atoms with Gasteiger partial charge >= 0.3 is 0 Å². The first-order valence-electron chi connectivity index (χ1n) is 17.3. The molecule has 0 aromatic heterocycles. The Hall–Kier alpha value is -2.10. The largest absolute Gasteiger partial charge is 0.488 e. The molecule has 0 heterocycles. The lowest BCUT2D eigenvalue weighted by molar-refractivity contribution is -0.0240. The molecule has 236 valence electrons. The minimum absolute atomic E-state index is 0.284. The molecule has 4 aliphatic carbocycles. The third-order valence-electron chi connectivity index (χ3n) is 12.5. The lowest BCUT2D eigenvalue weighted by Gasteiger charge is -2.53. The van der Waals surface area contributed by atoms with Crippen LogP contribution in [0.1, 0.15) is 113 Å². The van der Waals surface area contributed by atoms with E-state index in [4.69, 9.17) is 16.2 Å². The van der Waals surface area contributed by atoms with E-state index < -0.39 is 0 Å². The molecule has 0 saturated heterocycles. The lowest BCUT2D eigenvalue weighted by Crippen LogP contribution is -2.47. The molecule has 4 heteroatoms. The molecule has 42 heavy (non-hydrogen) atoms. The second-order valence-corrected chi connectivity index (χ2v) is 15.2. The van der Waals surface area contributed by atoms with Crippen LogP contribution in [0.15, 0.2) is 42.1 Å². The fraction of sp³-hybridized carbons (Fsp3) is 0.737. The highest BCUT2D eigenvalue weighted by Gasteiger charge is 2.60. The van der Waals surface area contributed by atoms with Gasteiger partial charge in [0.05, 0.1) is 11.8 Å². The van der Waals surface area contributed by atoms with Gasteiger partial charge in [0.15, 0.2) is 0 Å². The van der Waals surface area contributed by atoms with E-state index in [1.165, 1.54) is 57.8 Å². The van der Waals surface area contributed by atoms with Crippen LogP contribution in [-0.4, -0.2) is 13.2 Å². The van der Waals surface area contributed by atoms with Gasteiger partial charge in [-0.1, -0.05) is 72.1 Å². The smallest absolute Gasteiger partial charge is 0.142 e. The van der Waals surface area contributed by atoms with Crippen molar-refractivity contribution >= 4 is 11.4 Å². The number of hydrogen-bond acceptors (Lipinski definition) is 4. The first-order valence-corrected chi connectivity index (χ1v) is 17.3. The van der Waals surface area contributed by atoms with E-state index in [9.17, 15) is 0 Å². The second-order valence-electron chi connectivity index (χ2n) is 15.2. The Kier molecular flexibility index (Phi) is 10.7. The number of benzene rings is 1. The van der Waals surface area contributed by atoms with Crippen molar-refractivity contribution in [2.45, 2.75) is 119 Å². The zero-order valence-electron chi connectivity index (χ0n) is 28.2. The first-order chi connectivity index (χ1) is 19.9. The normalized spacial score (nSPS) is 36.3. The zero-order valence-corrected chi connectivity index (χ0v) is 28.2. The Morgan fingerprint density at radius 2 is 1.83 bits per heavy atom. The molecule has 3 fully saturated rings. The number of fused-ring (bicyclic) bond motifs is 3. The molecule has 0 aliphatic heterocycles. The summed E-state index contributed by atoms with van der Waals surface area (Å²) in [7, 11) is 1.95. The average Bonchev–Trinajstić information content (AvgIpc) is 3.28. The maximum absolute atomic E-state index is 6.63. The number of allylic oxidation sites excluding steroid dienone is 4. The highest BCUT2D eigenvalue weighted by molar-refractivity contribution is 5.63. The van der Waals surface area contributed by atoms with E-state index in [-0.39, 0.29) is 6.10 Å². The summed E-state index contributed by atoms with van der Waals surface area (Å²) in [6.07, 6.45) is 21.1. The fourth-order valence-corrected chi connectivity index (χ4v) is 9.83. The molecule has 0 radical (unpaired) electrons. The van der Waals surface area contributed by atoms with Gasteiger partial charge in [0.25, 0.3) is 0 Å². The quantitative estimate of drug-likeness (QED) is 0.212. The van der Waals surface area contributed by atoms with Crippen molar-refractivity contribution in [1.29, 1.82) is 0 Å². The van der Waals surface area contributed by atoms with Gasteiger partial charge in [0, 0.05) is 18.4 Å². The highest BCUT2D eigenvalue weighted by Crippen LogP contribution is 2.67. The van der Waals surface area contributed by atoms with Crippen LogP contribution >= 0.6 is 0 Å². The van der Waals surface area contributed by atoms with Crippen molar-refractivity contribution in [2.24, 2.45) is 58.0 Å². The van der Waals surface area contributed by atoms with Crippen LogP contribution in [0, 0.1) is 52.3 Å². The molecule has 1 spiro atoms. The molecule has 1 aromatic carbocycles. The third-order valence-corrected chi connectivity index (χ3v) is 12.5. The van der Waals surface area contributed by atoms with Gasteiger partial charge in [-0.3, -0.25) is 0 Å². The number of nitrogens with two attached hydrogens (primary N) is 2. The number of nitrogens with one attached hydrogen (secondary N) is 1. The summed E-state index contributed by atoms with van der Waals surface area (Å²) in [5, 5.41) is 3.27. The van der Waals surface area contributed by atoms with Gasteiger partial charge in [0.2, 0.25) is 0 Å². The summed E-state index contributed by atoms with van der Waals surface area (Å²) in [4.78, 5) is 0. The summed E-state index contributed by atoms with van der Waals surface area (Å²) in [5.74, 6) is 6.63. The molecular formula is C38H63N3O. The minimum Gasteiger partial charge on any atom is -0.488 e. The summed E-state index contributed by atoms with van der Waals surface area (Å²) >= 11 is 0. The molecule has 5 N–H and O–H groups in total. The Morgan fingerprint density at radius 3 is 2.50 bits per heavy atom. The number of nitrogen functional groups attached to an aromatic ring is 1. The zero-order chi connectivity index (χ0) is 30.7. The molecule has 3 saturated carbocycles. The SMILES string of the molecule is C/C=C(\C)N.CNc1cc(N)ccc1OC1CCC23CCC4(C)C(C(C)CCCC(C)C)CCC4C(C=CC2C1)C3C. The van der Waals surface area contributed by atoms with Crippen molar-refractivity contribution in [3.05, 3.63) is 42.1 Å². The van der Waals surface area contributed by atoms with Gasteiger partial charge < -0.3 is 21.5 Å². The van der Waals surface area contributed by atoms with Crippen molar-refractivity contribution in [1.82, 2.24) is 0 Å². The topological polar surface area (TPSA) is 73.3 Å². The van der Waals surface area contributed by atoms with E-state index in [0.717, 1.165) is 64.7 Å². The molecular weight excluding hydrogens is 514 g/mol. The van der Waals surface area contributed by atoms with Crippen LogP contribution < -0.4 is 21.5 Å². The molecule has 5 rings (SSSR count). The van der Waals surface area contributed by atoms with Gasteiger partial charge in [-0.15, -0.1) is 0 Å². The predicted octanol–water partition coefficient (Wildman–Crippen LogP) is 9.82. The number of ether oxygens (including phenoxy) is 1. The fourth-order valence-electron chi connectivity index (χ4n) is 9.83. The molecule has 9 atom stereocenters. The van der Waals surface area contributed by atoms with Crippen LogP contribution in [0.2, 0.25) is 0 Å². The van der Waals surface area contributed by atoms with Crippen molar-refractivity contribution in [3.8, 4) is 5.75 Å². The standard InChI is InChI=1S/C34H54N2O.C4H9N/c1-22(2)8-7-9-23(3)29-13-14-30-28-12-10-25-20-27(37-32-15-11-26(35)21-31(32)36-6)16-17-34(25,24(28)4)19-18-33(29,30)5;1-3-4(2)5/h10-12,15,21-25,27-30,36H,7-9,13-14,16-20,35H2,1-6H3;3H,5H2,1-2H3/b;4-3+. The average molecular weight is 578 g/mol. The Balaban J connectivity index is 0.000000748. The molecule has 2 bridgehead atoms. The Bertz CT molecular complexity index is 1090. The minimum atomic E-state index is 0.284. The third kappa shape index (κ3) is 6.68. The second kappa shape index (κ2) is 13.7. The number of hydrogen-bond donors (Lipinski definition) is 3. The predicted molar refractivity (Wildman–Crippen MR) is 181 cm³/mol. The van der Waals surface area contributed by atoms with Crippen LogP contribution in [-0.2, 0) is 0 Å². The Labute approximate surface area is 258 Å². The van der Waals surface area contributed by atoms with E-state index >= 15 is 0 Å². The summed E-state index contributed by atoms with van der Waals surface area (Å²) in [6.45, 7) is 16.5. The molecule has 9 unspecified atom stereocenters. The van der Waals surface area contributed by atoms with E-state index in [2.05, 4.69) is 52.1 Å². The molecule has 1 aromatic rings. The van der Waals surface area contributed by atoms with Crippen molar-refractivity contribution in [2.75, 3.05) is 18.1 Å². The van der Waals surface area contributed by atoms with E-state index in [1.807, 2.05) is 45.2 Å². The molecule has 0 amide bonds. The summed E-state index contributed by atoms with van der Waals surface area (Å²) in [6, 6.07) is 5.98. The van der Waals surface area contributed by atoms with Gasteiger partial charge in [-0.25, -0.2) is 0 Å². The summed E-state index contributed by atoms with van der Waals surface area (Å²) in [5.41, 5.74) is 14.8. The molecule has 4 aliphatic rings. The first kappa shape index (κ1) is 32.8. The Morgan fingerprint density at radius 1 is 1.10 bits per heavy atom. The van der Waals surface area contributed by atoms with Gasteiger partial charge in [0.1, 0.15) is 5.75 Å². The van der Waals surface area contributed by atoms with Crippen molar-refractivity contribution < 1.29 is 4.74 Å².